The molecule has 220 valence electrons. The molecule has 7 rings (SSSR count). The number of carbonyl (C=O) groups excluding carboxylic acids is 2. The molecule has 3 aromatic rings. The number of aliphatic hydroxyl groups is 1. The summed E-state index contributed by atoms with van der Waals surface area (Å²) in [6.45, 7) is 7.39. The van der Waals surface area contributed by atoms with Crippen LogP contribution in [0, 0.1) is 17.8 Å². The Bertz CT molecular complexity index is 1600. The molecule has 0 unspecified atom stereocenters. The molecule has 1 saturated carbocycles. The van der Waals surface area contributed by atoms with E-state index in [4.69, 9.17) is 14.5 Å². The second-order valence-corrected chi connectivity index (χ2v) is 13.4. The zero-order valence-corrected chi connectivity index (χ0v) is 24.7. The topological polar surface area (TPSA) is 93.4 Å². The summed E-state index contributed by atoms with van der Waals surface area (Å²) in [6.07, 6.45) is 3.99. The summed E-state index contributed by atoms with van der Waals surface area (Å²) < 4.78 is 12.7. The molecule has 0 bridgehead atoms. The second kappa shape index (κ2) is 9.78. The van der Waals surface area contributed by atoms with Gasteiger partial charge in [0.25, 0.3) is 0 Å². The normalized spacial score (nSPS) is 30.5. The number of carbonyl (C=O) groups is 2. The predicted octanol–water partition coefficient (Wildman–Crippen LogP) is 5.45. The van der Waals surface area contributed by atoms with Gasteiger partial charge in [0.1, 0.15) is 5.60 Å². The summed E-state index contributed by atoms with van der Waals surface area (Å²) in [5.41, 5.74) is 3.91. The van der Waals surface area contributed by atoms with Crippen LogP contribution in [0.25, 0.3) is 10.9 Å². The fourth-order valence-electron chi connectivity index (χ4n) is 8.39. The Kier molecular flexibility index (Phi) is 6.37. The van der Waals surface area contributed by atoms with E-state index < -0.39 is 29.1 Å². The van der Waals surface area contributed by atoms with Crippen molar-refractivity contribution in [1.82, 2.24) is 9.47 Å². The number of hydrogen-bond donors (Lipinski definition) is 1. The fourth-order valence-corrected chi connectivity index (χ4v) is 8.39. The lowest BCUT2D eigenvalue weighted by Gasteiger charge is -2.54. The molecule has 2 saturated heterocycles. The molecule has 4 heterocycles. The number of piperidine rings is 2. The third kappa shape index (κ3) is 4.06. The van der Waals surface area contributed by atoms with Gasteiger partial charge in [-0.3, -0.25) is 19.3 Å². The quantitative estimate of drug-likeness (QED) is 0.413. The van der Waals surface area contributed by atoms with Gasteiger partial charge in [0.05, 0.1) is 41.5 Å². The summed E-state index contributed by atoms with van der Waals surface area (Å²) in [7, 11) is 1.41. The van der Waals surface area contributed by atoms with E-state index in [1.807, 2.05) is 51.2 Å². The van der Waals surface area contributed by atoms with Crippen LogP contribution in [0.4, 0.5) is 10.5 Å². The van der Waals surface area contributed by atoms with Crippen molar-refractivity contribution in [3.8, 4) is 0 Å². The summed E-state index contributed by atoms with van der Waals surface area (Å²) in [4.78, 5) is 34.3. The summed E-state index contributed by atoms with van der Waals surface area (Å²) in [5.74, 6) is -0.483. The molecule has 0 radical (unpaired) electrons. The molecule has 6 atom stereocenters. The van der Waals surface area contributed by atoms with Crippen LogP contribution in [-0.2, 0) is 19.7 Å². The van der Waals surface area contributed by atoms with Crippen molar-refractivity contribution in [3.63, 3.8) is 0 Å². The van der Waals surface area contributed by atoms with E-state index in [9.17, 15) is 14.7 Å². The number of para-hydroxylation sites is 2. The lowest BCUT2D eigenvalue weighted by atomic mass is 9.60. The third-order valence-corrected chi connectivity index (χ3v) is 10.1. The van der Waals surface area contributed by atoms with E-state index in [1.54, 1.807) is 4.57 Å². The highest BCUT2D eigenvalue weighted by Gasteiger charge is 2.57. The second-order valence-electron chi connectivity index (χ2n) is 13.4. The number of ether oxygens (including phenoxy) is 2. The molecule has 8 heteroatoms. The summed E-state index contributed by atoms with van der Waals surface area (Å²) >= 11 is 0. The van der Waals surface area contributed by atoms with Crippen LogP contribution in [0.3, 0.4) is 0 Å². The van der Waals surface area contributed by atoms with Crippen LogP contribution in [0.5, 0.6) is 0 Å². The van der Waals surface area contributed by atoms with Gasteiger partial charge in [-0.2, -0.15) is 0 Å². The molecule has 1 N–H and O–H groups in total. The molecule has 0 amide bonds. The first-order valence-corrected chi connectivity index (χ1v) is 15.1. The van der Waals surface area contributed by atoms with Gasteiger partial charge in [-0.15, -0.1) is 0 Å². The Labute approximate surface area is 246 Å². The highest BCUT2D eigenvalue weighted by molar-refractivity contribution is 6.11. The average Bonchev–Trinajstić information content (AvgIpc) is 3.52. The minimum atomic E-state index is -0.687. The zero-order valence-electron chi connectivity index (χ0n) is 24.7. The summed E-state index contributed by atoms with van der Waals surface area (Å²) in [5, 5.41) is 11.9. The Morgan fingerprint density at radius 2 is 1.81 bits per heavy atom. The lowest BCUT2D eigenvalue weighted by Crippen LogP contribution is -2.63. The van der Waals surface area contributed by atoms with Gasteiger partial charge in [-0.1, -0.05) is 36.4 Å². The van der Waals surface area contributed by atoms with Gasteiger partial charge in [0, 0.05) is 30.7 Å². The van der Waals surface area contributed by atoms with Gasteiger partial charge in [-0.05, 0) is 81.5 Å². The largest absolute Gasteiger partial charge is 0.469 e. The van der Waals surface area contributed by atoms with Gasteiger partial charge in [-0.25, -0.2) is 4.79 Å². The smallest absolute Gasteiger partial charge is 0.419 e. The maximum atomic E-state index is 13.5. The first kappa shape index (κ1) is 27.3. The molecule has 0 spiro atoms. The average molecular weight is 570 g/mol. The van der Waals surface area contributed by atoms with Crippen molar-refractivity contribution in [2.75, 3.05) is 20.2 Å². The van der Waals surface area contributed by atoms with Crippen LogP contribution in [0.2, 0.25) is 0 Å². The van der Waals surface area contributed by atoms with Crippen molar-refractivity contribution in [2.24, 2.45) is 22.7 Å². The van der Waals surface area contributed by atoms with E-state index in [0.29, 0.717) is 12.3 Å². The van der Waals surface area contributed by atoms with E-state index in [1.165, 1.54) is 7.11 Å². The van der Waals surface area contributed by atoms with Gasteiger partial charge >= 0.3 is 12.1 Å². The van der Waals surface area contributed by atoms with Crippen LogP contribution < -0.4 is 0 Å². The van der Waals surface area contributed by atoms with Crippen molar-refractivity contribution in [3.05, 3.63) is 65.9 Å². The number of fused-ring (bicyclic) bond motifs is 7. The molecule has 2 aromatic carbocycles. The molecule has 4 aliphatic rings. The molecular weight excluding hydrogens is 530 g/mol. The number of esters is 1. The third-order valence-electron chi connectivity index (χ3n) is 10.1. The minimum absolute atomic E-state index is 0.00787. The number of benzene rings is 2. The van der Waals surface area contributed by atoms with Gasteiger partial charge in [0.15, 0.2) is 0 Å². The van der Waals surface area contributed by atoms with Crippen molar-refractivity contribution >= 4 is 34.4 Å². The Balaban J connectivity index is 1.37. The van der Waals surface area contributed by atoms with Crippen molar-refractivity contribution in [2.45, 2.75) is 69.6 Å². The van der Waals surface area contributed by atoms with Crippen LogP contribution in [0.15, 0.2) is 59.7 Å². The highest BCUT2D eigenvalue weighted by atomic mass is 16.6. The standard InChI is InChI=1S/C34H39N3O5/c1-33(2,3)42-32(40)37-19-24(21-9-5-8-12-26(21)37)34-15-16-36-18-20-13-14-28(38)29(31(39)41-4)22(20)17-27(36)30(34)35-25-11-7-6-10-23(25)34/h5-12,19-20,22,27-29,38H,13-18H2,1-4H3/t20-,22-,27-,28-,29+,34-/m0/s1. The van der Waals surface area contributed by atoms with E-state index in [0.717, 1.165) is 65.8 Å². The summed E-state index contributed by atoms with van der Waals surface area (Å²) in [6, 6.07) is 16.4. The first-order chi connectivity index (χ1) is 20.1. The first-order valence-electron chi connectivity index (χ1n) is 15.1. The van der Waals surface area contributed by atoms with Crippen LogP contribution in [0.1, 0.15) is 57.6 Å². The Morgan fingerprint density at radius 3 is 2.60 bits per heavy atom. The van der Waals surface area contributed by atoms with E-state index in [2.05, 4.69) is 29.2 Å². The van der Waals surface area contributed by atoms with Crippen molar-refractivity contribution < 1.29 is 24.2 Å². The molecule has 1 aromatic heterocycles. The van der Waals surface area contributed by atoms with E-state index >= 15 is 0 Å². The van der Waals surface area contributed by atoms with Crippen LogP contribution >= 0.6 is 0 Å². The number of aromatic nitrogens is 1. The molecule has 1 aliphatic carbocycles. The van der Waals surface area contributed by atoms with Crippen molar-refractivity contribution in [1.29, 1.82) is 0 Å². The SMILES string of the molecule is COC(=O)[C@@H]1[C@H]2C[C@H]3C4=Nc5ccccc5[C@]4(c4cn(C(=O)OC(C)(C)C)c5ccccc45)CCN3C[C@@H]2CC[C@@H]1O. The molecular formula is C34H39N3O5. The monoisotopic (exact) mass is 569 g/mol. The highest BCUT2D eigenvalue weighted by Crippen LogP contribution is 2.55. The van der Waals surface area contributed by atoms with Gasteiger partial charge in [0.2, 0.25) is 0 Å². The predicted molar refractivity (Wildman–Crippen MR) is 160 cm³/mol. The molecule has 42 heavy (non-hydrogen) atoms. The van der Waals surface area contributed by atoms with Crippen LogP contribution in [-0.4, -0.2) is 70.3 Å². The number of rotatable bonds is 2. The minimum Gasteiger partial charge on any atom is -0.469 e. The number of methoxy groups -OCH3 is 1. The van der Waals surface area contributed by atoms with Gasteiger partial charge < -0.3 is 14.6 Å². The Hall–Kier alpha value is -3.49. The zero-order chi connectivity index (χ0) is 29.4. The maximum absolute atomic E-state index is 13.5. The fraction of sp³-hybridized carbons (Fsp3) is 0.500. The molecule has 3 fully saturated rings. The molecule has 8 nitrogen and oxygen atoms in total. The number of aliphatic hydroxyl groups excluding tert-OH is 1. The Morgan fingerprint density at radius 1 is 1.05 bits per heavy atom. The number of hydrogen-bond acceptors (Lipinski definition) is 7. The number of aliphatic imine (C=N–C) groups is 1. The molecule has 3 aliphatic heterocycles. The lowest BCUT2D eigenvalue weighted by molar-refractivity contribution is -0.159. The van der Waals surface area contributed by atoms with E-state index in [-0.39, 0.29) is 17.9 Å². The number of nitrogens with zero attached hydrogens (tertiary/aromatic N) is 3. The maximum Gasteiger partial charge on any atom is 0.419 e.